The summed E-state index contributed by atoms with van der Waals surface area (Å²) >= 11 is 0. The molecule has 226 valence electrons. The molecule has 0 amide bonds. The highest BCUT2D eigenvalue weighted by Crippen LogP contribution is 2.31. The first-order valence-corrected chi connectivity index (χ1v) is 13.8. The van der Waals surface area contributed by atoms with Gasteiger partial charge in [0.1, 0.15) is 0 Å². The van der Waals surface area contributed by atoms with Crippen LogP contribution in [0, 0.1) is 0 Å². The van der Waals surface area contributed by atoms with Crippen LogP contribution in [-0.4, -0.2) is 61.1 Å². The Balaban J connectivity index is 3.33. The van der Waals surface area contributed by atoms with Gasteiger partial charge in [-0.25, -0.2) is 19.2 Å². The number of carboxylic acid groups (broad SMARTS) is 1. The van der Waals surface area contributed by atoms with E-state index in [0.29, 0.717) is 25.7 Å². The molecule has 2 atom stereocenters. The third-order valence-electron chi connectivity index (χ3n) is 5.70. The largest absolute Gasteiger partial charge is 0.513 e. The van der Waals surface area contributed by atoms with Gasteiger partial charge in [-0.3, -0.25) is 5.32 Å². The highest BCUT2D eigenvalue weighted by Gasteiger charge is 2.44. The summed E-state index contributed by atoms with van der Waals surface area (Å²) in [6, 6.07) is 3.72. The van der Waals surface area contributed by atoms with Crippen molar-refractivity contribution in [3.63, 3.8) is 0 Å². The zero-order chi connectivity index (χ0) is 30.0. The SMILES string of the molecule is CCCCOC(=O)Oc1ccc(C[C@](NC(C)CC)(OC(=O)OCCCC)C(=O)O)cc1OC(=O)OCCCC. The van der Waals surface area contributed by atoms with E-state index < -0.39 is 30.2 Å². The zero-order valence-electron chi connectivity index (χ0n) is 24.1. The number of rotatable bonds is 18. The highest BCUT2D eigenvalue weighted by atomic mass is 16.8. The summed E-state index contributed by atoms with van der Waals surface area (Å²) in [4.78, 5) is 49.4. The molecule has 0 bridgehead atoms. The minimum Gasteiger partial charge on any atom is -0.477 e. The molecule has 0 aromatic heterocycles. The summed E-state index contributed by atoms with van der Waals surface area (Å²) in [6.45, 7) is 9.71. The second-order valence-electron chi connectivity index (χ2n) is 9.21. The van der Waals surface area contributed by atoms with Crippen molar-refractivity contribution in [2.45, 2.75) is 97.8 Å². The second-order valence-corrected chi connectivity index (χ2v) is 9.21. The Morgan fingerprint density at radius 1 is 0.800 bits per heavy atom. The number of nitrogens with one attached hydrogen (secondary N) is 1. The van der Waals surface area contributed by atoms with Gasteiger partial charge >= 0.3 is 24.4 Å². The molecule has 0 aliphatic rings. The van der Waals surface area contributed by atoms with Crippen LogP contribution >= 0.6 is 0 Å². The molecule has 0 heterocycles. The summed E-state index contributed by atoms with van der Waals surface area (Å²) in [5, 5.41) is 13.0. The van der Waals surface area contributed by atoms with Gasteiger partial charge in [-0.15, -0.1) is 0 Å². The molecule has 12 heteroatoms. The number of carboxylic acids is 1. The Bertz CT molecular complexity index is 952. The zero-order valence-corrected chi connectivity index (χ0v) is 24.1. The Labute approximate surface area is 235 Å². The monoisotopic (exact) mass is 569 g/mol. The molecule has 1 aromatic carbocycles. The van der Waals surface area contributed by atoms with Gasteiger partial charge in [0, 0.05) is 12.5 Å². The van der Waals surface area contributed by atoms with E-state index in [1.165, 1.54) is 18.2 Å². The quantitative estimate of drug-likeness (QED) is 0.0701. The molecule has 0 aliphatic carbocycles. The van der Waals surface area contributed by atoms with Gasteiger partial charge in [0.25, 0.3) is 5.72 Å². The third-order valence-corrected chi connectivity index (χ3v) is 5.70. The number of unbranched alkanes of at least 4 members (excludes halogenated alkanes) is 3. The van der Waals surface area contributed by atoms with Crippen molar-refractivity contribution in [3.05, 3.63) is 23.8 Å². The van der Waals surface area contributed by atoms with E-state index in [-0.39, 0.29) is 49.3 Å². The van der Waals surface area contributed by atoms with E-state index in [1.54, 1.807) is 6.92 Å². The molecule has 1 rings (SSSR count). The van der Waals surface area contributed by atoms with Gasteiger partial charge in [-0.05, 0) is 50.3 Å². The topological polar surface area (TPSA) is 156 Å². The molecule has 0 spiro atoms. The third kappa shape index (κ3) is 12.5. The summed E-state index contributed by atoms with van der Waals surface area (Å²) < 4.78 is 31.0. The number of hydrogen-bond donors (Lipinski definition) is 2. The molecule has 0 aliphatic heterocycles. The van der Waals surface area contributed by atoms with Crippen molar-refractivity contribution in [1.29, 1.82) is 0 Å². The van der Waals surface area contributed by atoms with Crippen LogP contribution in [-0.2, 0) is 30.2 Å². The van der Waals surface area contributed by atoms with Crippen LogP contribution in [0.3, 0.4) is 0 Å². The van der Waals surface area contributed by atoms with Crippen molar-refractivity contribution in [1.82, 2.24) is 5.32 Å². The summed E-state index contributed by atoms with van der Waals surface area (Å²) in [5.74, 6) is -1.81. The molecule has 0 saturated heterocycles. The van der Waals surface area contributed by atoms with Crippen LogP contribution < -0.4 is 14.8 Å². The van der Waals surface area contributed by atoms with E-state index in [4.69, 9.17) is 28.4 Å². The van der Waals surface area contributed by atoms with Crippen LogP contribution in [0.2, 0.25) is 0 Å². The normalized spacial score (nSPS) is 12.9. The maximum Gasteiger partial charge on any atom is 0.513 e. The number of carbonyl (C=O) groups is 4. The van der Waals surface area contributed by atoms with Gasteiger partial charge < -0.3 is 33.5 Å². The maximum absolute atomic E-state index is 12.5. The lowest BCUT2D eigenvalue weighted by Crippen LogP contribution is -2.59. The van der Waals surface area contributed by atoms with E-state index in [0.717, 1.165) is 19.3 Å². The van der Waals surface area contributed by atoms with Crippen LogP contribution in [0.5, 0.6) is 11.5 Å². The van der Waals surface area contributed by atoms with Crippen molar-refractivity contribution in [2.24, 2.45) is 0 Å². The number of ether oxygens (including phenoxy) is 6. The van der Waals surface area contributed by atoms with Crippen LogP contribution in [0.4, 0.5) is 14.4 Å². The lowest BCUT2D eigenvalue weighted by molar-refractivity contribution is -0.167. The van der Waals surface area contributed by atoms with Crippen molar-refractivity contribution >= 4 is 24.4 Å². The Morgan fingerprint density at radius 2 is 1.30 bits per heavy atom. The average molecular weight is 570 g/mol. The Morgan fingerprint density at radius 3 is 1.77 bits per heavy atom. The summed E-state index contributed by atoms with van der Waals surface area (Å²) in [7, 11) is 0. The van der Waals surface area contributed by atoms with E-state index in [1.807, 2.05) is 27.7 Å². The molecule has 12 nitrogen and oxygen atoms in total. The number of carbonyl (C=O) groups excluding carboxylic acids is 3. The standard InChI is InChI=1S/C28H43NO11/c1-6-10-15-35-25(32)38-22-14-13-21(18-23(22)39-26(33)36-16-11-7-2)19-28(24(30)31,29-20(5)9-4)40-27(34)37-17-12-8-3/h13-14,18,20,29H,6-12,15-17,19H2,1-5H3,(H,30,31)/t20?,28-/m0/s1. The first kappa shape index (κ1) is 34.5. The lowest BCUT2D eigenvalue weighted by atomic mass is 10.00. The molecule has 1 unspecified atom stereocenters. The minimum absolute atomic E-state index is 0.0763. The Kier molecular flexibility index (Phi) is 16.1. The fraction of sp³-hybridized carbons (Fsp3) is 0.643. The first-order valence-electron chi connectivity index (χ1n) is 13.8. The minimum atomic E-state index is -2.21. The van der Waals surface area contributed by atoms with Crippen molar-refractivity contribution in [2.75, 3.05) is 19.8 Å². The maximum atomic E-state index is 12.5. The number of benzene rings is 1. The van der Waals surface area contributed by atoms with Gasteiger partial charge in [-0.2, -0.15) is 0 Å². The van der Waals surface area contributed by atoms with E-state index in [2.05, 4.69) is 5.32 Å². The molecular weight excluding hydrogens is 526 g/mol. The molecule has 1 aromatic rings. The average Bonchev–Trinajstić information content (AvgIpc) is 2.90. The van der Waals surface area contributed by atoms with Gasteiger partial charge in [0.05, 0.1) is 19.8 Å². The van der Waals surface area contributed by atoms with E-state index >= 15 is 0 Å². The second kappa shape index (κ2) is 18.7. The molecule has 0 fully saturated rings. The predicted octanol–water partition coefficient (Wildman–Crippen LogP) is 5.98. The lowest BCUT2D eigenvalue weighted by Gasteiger charge is -2.32. The van der Waals surface area contributed by atoms with Crippen LogP contribution in [0.1, 0.15) is 85.1 Å². The predicted molar refractivity (Wildman–Crippen MR) is 145 cm³/mol. The molecule has 0 radical (unpaired) electrons. The molecule has 0 saturated carbocycles. The number of hydrogen-bond acceptors (Lipinski definition) is 11. The van der Waals surface area contributed by atoms with Crippen molar-refractivity contribution in [3.8, 4) is 11.5 Å². The molecule has 2 N–H and O–H groups in total. The highest BCUT2D eigenvalue weighted by molar-refractivity contribution is 5.80. The Hall–Kier alpha value is -3.54. The van der Waals surface area contributed by atoms with Gasteiger partial charge in [-0.1, -0.05) is 53.0 Å². The first-order chi connectivity index (χ1) is 19.1. The van der Waals surface area contributed by atoms with Crippen LogP contribution in [0.25, 0.3) is 0 Å². The summed E-state index contributed by atoms with van der Waals surface area (Å²) in [5.41, 5.74) is -1.93. The molecular formula is C28H43NO11. The van der Waals surface area contributed by atoms with Crippen molar-refractivity contribution < 1.29 is 52.7 Å². The van der Waals surface area contributed by atoms with Gasteiger partial charge in [0.2, 0.25) is 0 Å². The smallest absolute Gasteiger partial charge is 0.477 e. The fourth-order valence-electron chi connectivity index (χ4n) is 3.22. The summed E-state index contributed by atoms with van der Waals surface area (Å²) in [6.07, 6.45) is 1.21. The van der Waals surface area contributed by atoms with Crippen LogP contribution in [0.15, 0.2) is 18.2 Å². The molecule has 40 heavy (non-hydrogen) atoms. The number of aliphatic carboxylic acids is 1. The van der Waals surface area contributed by atoms with E-state index in [9.17, 15) is 24.3 Å². The fourth-order valence-corrected chi connectivity index (χ4v) is 3.22. The van der Waals surface area contributed by atoms with Gasteiger partial charge in [0.15, 0.2) is 11.5 Å².